The molecule has 0 aliphatic heterocycles. The summed E-state index contributed by atoms with van der Waals surface area (Å²) < 4.78 is 12.8. The predicted octanol–water partition coefficient (Wildman–Crippen LogP) is 3.22. The Bertz CT molecular complexity index is 636. The van der Waals surface area contributed by atoms with Crippen molar-refractivity contribution >= 4 is 17.5 Å². The minimum atomic E-state index is -0.344. The van der Waals surface area contributed by atoms with Crippen LogP contribution in [0, 0.1) is 5.82 Å². The molecule has 0 unspecified atom stereocenters. The molecule has 2 N–H and O–H groups in total. The van der Waals surface area contributed by atoms with Gasteiger partial charge in [-0.2, -0.15) is 0 Å². The molecule has 0 saturated heterocycles. The van der Waals surface area contributed by atoms with Gasteiger partial charge in [-0.25, -0.2) is 14.4 Å². The van der Waals surface area contributed by atoms with Crippen LogP contribution < -0.4 is 10.6 Å². The van der Waals surface area contributed by atoms with Gasteiger partial charge in [-0.15, -0.1) is 0 Å². The van der Waals surface area contributed by atoms with E-state index in [4.69, 9.17) is 0 Å². The maximum Gasteiger partial charge on any atom is 0.258 e. The molecular formula is C16H17FN4O. The van der Waals surface area contributed by atoms with Gasteiger partial charge in [0.05, 0.1) is 5.56 Å². The van der Waals surface area contributed by atoms with E-state index in [1.807, 2.05) is 0 Å². The first kappa shape index (κ1) is 14.4. The molecular weight excluding hydrogens is 283 g/mol. The van der Waals surface area contributed by atoms with Crippen LogP contribution in [0.4, 0.5) is 16.0 Å². The lowest BCUT2D eigenvalue weighted by Crippen LogP contribution is -2.18. The monoisotopic (exact) mass is 300 g/mol. The van der Waals surface area contributed by atoms with E-state index in [1.54, 1.807) is 0 Å². The number of rotatable bonds is 4. The quantitative estimate of drug-likeness (QED) is 0.909. The highest BCUT2D eigenvalue weighted by Crippen LogP contribution is 2.20. The first-order chi connectivity index (χ1) is 10.7. The SMILES string of the molecule is O=C(Nc1ccc(F)cc1)c1cnc(NC2CCCC2)nc1. The highest BCUT2D eigenvalue weighted by molar-refractivity contribution is 6.03. The van der Waals surface area contributed by atoms with Gasteiger partial charge in [-0.05, 0) is 37.1 Å². The standard InChI is InChI=1S/C16H17FN4O/c17-12-5-7-14(8-6-12)20-15(22)11-9-18-16(19-10-11)21-13-3-1-2-4-13/h5-10,13H,1-4H2,(H,20,22)(H,18,19,21). The van der Waals surface area contributed by atoms with Gasteiger partial charge in [0.15, 0.2) is 0 Å². The molecule has 0 atom stereocenters. The summed E-state index contributed by atoms with van der Waals surface area (Å²) in [5, 5.41) is 5.94. The number of carbonyl (C=O) groups is 1. The van der Waals surface area contributed by atoms with Gasteiger partial charge >= 0.3 is 0 Å². The fourth-order valence-electron chi connectivity index (χ4n) is 2.51. The Hall–Kier alpha value is -2.50. The van der Waals surface area contributed by atoms with Crippen molar-refractivity contribution in [3.63, 3.8) is 0 Å². The fourth-order valence-corrected chi connectivity index (χ4v) is 2.51. The molecule has 0 spiro atoms. The summed E-state index contributed by atoms with van der Waals surface area (Å²) in [6.07, 6.45) is 7.71. The van der Waals surface area contributed by atoms with Crippen LogP contribution in [-0.2, 0) is 0 Å². The summed E-state index contributed by atoms with van der Waals surface area (Å²) in [5.74, 6) is -0.118. The van der Waals surface area contributed by atoms with Crippen molar-refractivity contribution in [2.45, 2.75) is 31.7 Å². The van der Waals surface area contributed by atoms with Crippen LogP contribution >= 0.6 is 0 Å². The Labute approximate surface area is 128 Å². The van der Waals surface area contributed by atoms with E-state index >= 15 is 0 Å². The van der Waals surface area contributed by atoms with Crippen LogP contribution in [0.3, 0.4) is 0 Å². The van der Waals surface area contributed by atoms with Gasteiger partial charge in [0.1, 0.15) is 5.82 Å². The zero-order valence-corrected chi connectivity index (χ0v) is 12.1. The lowest BCUT2D eigenvalue weighted by molar-refractivity contribution is 0.102. The summed E-state index contributed by atoms with van der Waals surface area (Å²) in [5.41, 5.74) is 0.890. The summed E-state index contributed by atoms with van der Waals surface area (Å²) >= 11 is 0. The normalized spacial score (nSPS) is 14.8. The first-order valence-corrected chi connectivity index (χ1v) is 7.36. The maximum absolute atomic E-state index is 12.8. The molecule has 6 heteroatoms. The molecule has 2 aromatic rings. The average molecular weight is 300 g/mol. The Balaban J connectivity index is 1.61. The lowest BCUT2D eigenvalue weighted by Gasteiger charge is -2.11. The second-order valence-corrected chi connectivity index (χ2v) is 5.38. The van der Waals surface area contributed by atoms with Crippen molar-refractivity contribution in [1.29, 1.82) is 0 Å². The predicted molar refractivity (Wildman–Crippen MR) is 82.3 cm³/mol. The van der Waals surface area contributed by atoms with Crippen LogP contribution in [-0.4, -0.2) is 21.9 Å². The van der Waals surface area contributed by atoms with Gasteiger partial charge in [0.2, 0.25) is 5.95 Å². The minimum absolute atomic E-state index is 0.320. The molecule has 22 heavy (non-hydrogen) atoms. The number of halogens is 1. The topological polar surface area (TPSA) is 66.9 Å². The smallest absolute Gasteiger partial charge is 0.258 e. The van der Waals surface area contributed by atoms with Crippen molar-refractivity contribution in [2.24, 2.45) is 0 Å². The second kappa shape index (κ2) is 6.51. The lowest BCUT2D eigenvalue weighted by atomic mass is 10.2. The third-order valence-corrected chi connectivity index (χ3v) is 3.70. The number of nitrogens with zero attached hydrogens (tertiary/aromatic N) is 2. The minimum Gasteiger partial charge on any atom is -0.351 e. The number of carbonyl (C=O) groups excluding carboxylic acids is 1. The van der Waals surface area contributed by atoms with E-state index in [1.165, 1.54) is 49.5 Å². The molecule has 1 aromatic heterocycles. The molecule has 5 nitrogen and oxygen atoms in total. The summed E-state index contributed by atoms with van der Waals surface area (Å²) in [4.78, 5) is 20.4. The highest BCUT2D eigenvalue weighted by atomic mass is 19.1. The van der Waals surface area contributed by atoms with Gasteiger partial charge < -0.3 is 10.6 Å². The average Bonchev–Trinajstić information content (AvgIpc) is 3.03. The molecule has 1 heterocycles. The molecule has 1 aliphatic carbocycles. The van der Waals surface area contributed by atoms with E-state index < -0.39 is 0 Å². The first-order valence-electron chi connectivity index (χ1n) is 7.36. The molecule has 0 radical (unpaired) electrons. The Morgan fingerprint density at radius 2 is 1.73 bits per heavy atom. The van der Waals surface area contributed by atoms with Crippen LogP contribution in [0.25, 0.3) is 0 Å². The fraction of sp³-hybridized carbons (Fsp3) is 0.312. The molecule has 1 amide bonds. The number of hydrogen-bond donors (Lipinski definition) is 2. The van der Waals surface area contributed by atoms with E-state index in [0.29, 0.717) is 23.2 Å². The van der Waals surface area contributed by atoms with E-state index in [9.17, 15) is 9.18 Å². The van der Waals surface area contributed by atoms with Crippen molar-refractivity contribution in [2.75, 3.05) is 10.6 Å². The third-order valence-electron chi connectivity index (χ3n) is 3.70. The zero-order valence-electron chi connectivity index (χ0n) is 12.1. The number of benzene rings is 1. The van der Waals surface area contributed by atoms with Crippen LogP contribution in [0.5, 0.6) is 0 Å². The van der Waals surface area contributed by atoms with Crippen LogP contribution in [0.1, 0.15) is 36.0 Å². The van der Waals surface area contributed by atoms with Crippen molar-refractivity contribution in [3.8, 4) is 0 Å². The van der Waals surface area contributed by atoms with Gasteiger partial charge in [-0.1, -0.05) is 12.8 Å². The van der Waals surface area contributed by atoms with Crippen molar-refractivity contribution in [1.82, 2.24) is 9.97 Å². The molecule has 1 fully saturated rings. The zero-order chi connectivity index (χ0) is 15.4. The molecule has 1 aliphatic rings. The van der Waals surface area contributed by atoms with E-state index in [2.05, 4.69) is 20.6 Å². The Morgan fingerprint density at radius 1 is 1.09 bits per heavy atom. The molecule has 0 bridgehead atoms. The summed E-state index contributed by atoms with van der Waals surface area (Å²) in [6, 6.07) is 6.02. The van der Waals surface area contributed by atoms with Crippen LogP contribution in [0.2, 0.25) is 0 Å². The number of hydrogen-bond acceptors (Lipinski definition) is 4. The van der Waals surface area contributed by atoms with Gasteiger partial charge in [0.25, 0.3) is 5.91 Å². The number of amides is 1. The van der Waals surface area contributed by atoms with Gasteiger partial charge in [-0.3, -0.25) is 4.79 Å². The van der Waals surface area contributed by atoms with E-state index in [-0.39, 0.29) is 11.7 Å². The summed E-state index contributed by atoms with van der Waals surface area (Å²) in [6.45, 7) is 0. The van der Waals surface area contributed by atoms with E-state index in [0.717, 1.165) is 12.8 Å². The largest absolute Gasteiger partial charge is 0.351 e. The second-order valence-electron chi connectivity index (χ2n) is 5.38. The summed E-state index contributed by atoms with van der Waals surface area (Å²) in [7, 11) is 0. The van der Waals surface area contributed by atoms with Crippen molar-refractivity contribution < 1.29 is 9.18 Å². The number of nitrogens with one attached hydrogen (secondary N) is 2. The Kier molecular flexibility index (Phi) is 4.27. The molecule has 3 rings (SSSR count). The molecule has 1 saturated carbocycles. The number of aromatic nitrogens is 2. The third kappa shape index (κ3) is 3.58. The highest BCUT2D eigenvalue weighted by Gasteiger charge is 2.15. The van der Waals surface area contributed by atoms with Gasteiger partial charge in [0, 0.05) is 24.1 Å². The van der Waals surface area contributed by atoms with Crippen molar-refractivity contribution in [3.05, 3.63) is 48.0 Å². The number of anilines is 2. The van der Waals surface area contributed by atoms with Crippen LogP contribution in [0.15, 0.2) is 36.7 Å². The maximum atomic E-state index is 12.8. The molecule has 114 valence electrons. The Morgan fingerprint density at radius 3 is 2.36 bits per heavy atom. The molecule has 1 aromatic carbocycles.